The van der Waals surface area contributed by atoms with Crippen LogP contribution in [0.4, 0.5) is 14.5 Å². The van der Waals surface area contributed by atoms with E-state index in [0.717, 1.165) is 12.1 Å². The third-order valence-electron chi connectivity index (χ3n) is 5.11. The van der Waals surface area contributed by atoms with Gasteiger partial charge in [-0.25, -0.2) is 18.3 Å². The first kappa shape index (κ1) is 23.6. The minimum absolute atomic E-state index is 0.0258. The van der Waals surface area contributed by atoms with E-state index in [1.54, 1.807) is 73.3 Å². The minimum Gasteiger partial charge on any atom is -0.497 e. The monoisotopic (exact) mass is 477 g/mol. The Hall–Kier alpha value is -4.53. The van der Waals surface area contributed by atoms with Crippen LogP contribution in [0.3, 0.4) is 0 Å². The van der Waals surface area contributed by atoms with Gasteiger partial charge in [-0.1, -0.05) is 12.1 Å². The molecule has 178 valence electrons. The van der Waals surface area contributed by atoms with Crippen molar-refractivity contribution in [3.05, 3.63) is 95.7 Å². The molecule has 35 heavy (non-hydrogen) atoms. The number of nitrogens with one attached hydrogen (secondary N) is 1. The first-order valence-corrected chi connectivity index (χ1v) is 10.7. The Morgan fingerprint density at radius 1 is 0.971 bits per heavy atom. The molecule has 1 heterocycles. The Morgan fingerprint density at radius 2 is 1.74 bits per heavy atom. The van der Waals surface area contributed by atoms with Crippen LogP contribution in [0.5, 0.6) is 5.75 Å². The molecule has 0 spiro atoms. The lowest BCUT2D eigenvalue weighted by Gasteiger charge is -2.11. The average Bonchev–Trinajstić information content (AvgIpc) is 3.32. The normalized spacial score (nSPS) is 10.6. The van der Waals surface area contributed by atoms with Crippen molar-refractivity contribution in [1.29, 1.82) is 0 Å². The van der Waals surface area contributed by atoms with Crippen molar-refractivity contribution in [2.45, 2.75) is 6.92 Å². The van der Waals surface area contributed by atoms with E-state index in [2.05, 4.69) is 10.4 Å². The molecule has 0 bridgehead atoms. The van der Waals surface area contributed by atoms with Crippen molar-refractivity contribution in [2.24, 2.45) is 0 Å². The zero-order valence-electron chi connectivity index (χ0n) is 18.9. The summed E-state index contributed by atoms with van der Waals surface area (Å²) in [6.45, 7) is 1.91. The number of esters is 1. The number of carbonyl (C=O) groups excluding carboxylic acids is 2. The second kappa shape index (κ2) is 10.2. The van der Waals surface area contributed by atoms with E-state index in [1.165, 1.54) is 6.07 Å². The summed E-state index contributed by atoms with van der Waals surface area (Å²) in [5, 5.41) is 7.10. The van der Waals surface area contributed by atoms with Gasteiger partial charge in [0.1, 0.15) is 5.75 Å². The molecule has 0 aliphatic heterocycles. The van der Waals surface area contributed by atoms with Crippen molar-refractivity contribution in [3.8, 4) is 22.7 Å². The Bertz CT molecular complexity index is 1380. The van der Waals surface area contributed by atoms with Crippen LogP contribution in [0.1, 0.15) is 27.8 Å². The lowest BCUT2D eigenvalue weighted by molar-refractivity contribution is 0.0519. The first-order chi connectivity index (χ1) is 16.9. The summed E-state index contributed by atoms with van der Waals surface area (Å²) in [7, 11) is 1.56. The molecule has 4 aromatic rings. The summed E-state index contributed by atoms with van der Waals surface area (Å²) in [6, 6.07) is 18.5. The highest BCUT2D eigenvalue weighted by Gasteiger charge is 2.18. The predicted octanol–water partition coefficient (Wildman–Crippen LogP) is 5.26. The number of rotatable bonds is 7. The number of halogens is 2. The minimum atomic E-state index is -1.11. The highest BCUT2D eigenvalue weighted by Crippen LogP contribution is 2.28. The van der Waals surface area contributed by atoms with Crippen LogP contribution in [0.15, 0.2) is 72.8 Å². The molecule has 0 unspecified atom stereocenters. The van der Waals surface area contributed by atoms with Gasteiger partial charge in [-0.3, -0.25) is 4.79 Å². The molecule has 1 aromatic heterocycles. The van der Waals surface area contributed by atoms with Crippen LogP contribution in [0.2, 0.25) is 0 Å². The fraction of sp³-hybridized carbons (Fsp3) is 0.115. The van der Waals surface area contributed by atoms with E-state index in [1.807, 2.05) is 0 Å². The number of amides is 1. The van der Waals surface area contributed by atoms with E-state index in [-0.39, 0.29) is 17.9 Å². The Labute approximate surface area is 199 Å². The molecule has 1 amide bonds. The zero-order valence-corrected chi connectivity index (χ0v) is 18.9. The topological polar surface area (TPSA) is 82.5 Å². The van der Waals surface area contributed by atoms with Gasteiger partial charge in [-0.05, 0) is 67.6 Å². The number of anilines is 1. The SMILES string of the molecule is CCOC(=O)c1cc(-c2cccc(NC(=O)c3ccc(F)c(F)c3)c2)n(-c2ccc(OC)cc2)n1. The van der Waals surface area contributed by atoms with Crippen molar-refractivity contribution < 1.29 is 27.8 Å². The van der Waals surface area contributed by atoms with Crippen molar-refractivity contribution in [3.63, 3.8) is 0 Å². The van der Waals surface area contributed by atoms with Gasteiger partial charge in [0.25, 0.3) is 5.91 Å². The van der Waals surface area contributed by atoms with Gasteiger partial charge < -0.3 is 14.8 Å². The molecule has 0 saturated heterocycles. The van der Waals surface area contributed by atoms with Gasteiger partial charge in [0.15, 0.2) is 17.3 Å². The quantitative estimate of drug-likeness (QED) is 0.368. The van der Waals surface area contributed by atoms with Crippen molar-refractivity contribution in [2.75, 3.05) is 19.0 Å². The molecule has 0 radical (unpaired) electrons. The molecule has 0 aliphatic carbocycles. The summed E-state index contributed by atoms with van der Waals surface area (Å²) in [4.78, 5) is 24.9. The molecule has 4 rings (SSSR count). The average molecular weight is 477 g/mol. The van der Waals surface area contributed by atoms with E-state index >= 15 is 0 Å². The molecule has 9 heteroatoms. The van der Waals surface area contributed by atoms with Crippen LogP contribution in [-0.2, 0) is 4.74 Å². The maximum Gasteiger partial charge on any atom is 0.358 e. The Balaban J connectivity index is 1.70. The number of methoxy groups -OCH3 is 1. The third kappa shape index (κ3) is 5.19. The summed E-state index contributed by atoms with van der Waals surface area (Å²) in [5.41, 5.74) is 2.40. The second-order valence-electron chi connectivity index (χ2n) is 7.41. The number of nitrogens with zero attached hydrogens (tertiary/aromatic N) is 2. The van der Waals surface area contributed by atoms with Gasteiger partial charge in [0, 0.05) is 16.8 Å². The fourth-order valence-corrected chi connectivity index (χ4v) is 3.41. The predicted molar refractivity (Wildman–Crippen MR) is 126 cm³/mol. The van der Waals surface area contributed by atoms with Crippen molar-refractivity contribution >= 4 is 17.6 Å². The van der Waals surface area contributed by atoms with E-state index in [0.29, 0.717) is 28.4 Å². The molecule has 0 aliphatic rings. The lowest BCUT2D eigenvalue weighted by atomic mass is 10.1. The molecule has 0 saturated carbocycles. The molecular formula is C26H21F2N3O4. The second-order valence-corrected chi connectivity index (χ2v) is 7.41. The van der Waals surface area contributed by atoms with Gasteiger partial charge in [-0.15, -0.1) is 0 Å². The van der Waals surface area contributed by atoms with Crippen LogP contribution in [0, 0.1) is 11.6 Å². The summed E-state index contributed by atoms with van der Waals surface area (Å²) in [5.74, 6) is -2.65. The highest BCUT2D eigenvalue weighted by molar-refractivity contribution is 6.04. The van der Waals surface area contributed by atoms with Crippen molar-refractivity contribution in [1.82, 2.24) is 9.78 Å². The van der Waals surface area contributed by atoms with Crippen LogP contribution >= 0.6 is 0 Å². The molecule has 1 N–H and O–H groups in total. The zero-order chi connectivity index (χ0) is 24.9. The van der Waals surface area contributed by atoms with Gasteiger partial charge >= 0.3 is 5.97 Å². The highest BCUT2D eigenvalue weighted by atomic mass is 19.2. The van der Waals surface area contributed by atoms with E-state index in [9.17, 15) is 18.4 Å². The number of carbonyl (C=O) groups is 2. The smallest absolute Gasteiger partial charge is 0.358 e. The van der Waals surface area contributed by atoms with Crippen LogP contribution in [-0.4, -0.2) is 35.4 Å². The Morgan fingerprint density at radius 3 is 2.43 bits per heavy atom. The van der Waals surface area contributed by atoms with E-state index < -0.39 is 23.5 Å². The molecule has 3 aromatic carbocycles. The summed E-state index contributed by atoms with van der Waals surface area (Å²) < 4.78 is 38.6. The van der Waals surface area contributed by atoms with Crippen LogP contribution in [0.25, 0.3) is 16.9 Å². The van der Waals surface area contributed by atoms with Crippen LogP contribution < -0.4 is 10.1 Å². The first-order valence-electron chi connectivity index (χ1n) is 10.7. The third-order valence-corrected chi connectivity index (χ3v) is 5.11. The fourth-order valence-electron chi connectivity index (χ4n) is 3.41. The number of aromatic nitrogens is 2. The lowest BCUT2D eigenvalue weighted by Crippen LogP contribution is -2.12. The standard InChI is InChI=1S/C26H21F2N3O4/c1-3-35-26(33)23-15-24(31(30-23)19-8-10-20(34-2)11-9-19)16-5-4-6-18(13-16)29-25(32)17-7-12-21(27)22(28)14-17/h4-15H,3H2,1-2H3,(H,29,32). The number of hydrogen-bond acceptors (Lipinski definition) is 5. The molecular weight excluding hydrogens is 456 g/mol. The largest absolute Gasteiger partial charge is 0.497 e. The van der Waals surface area contributed by atoms with Gasteiger partial charge in [-0.2, -0.15) is 5.10 Å². The number of benzene rings is 3. The molecule has 0 atom stereocenters. The maximum atomic E-state index is 13.5. The van der Waals surface area contributed by atoms with Gasteiger partial charge in [0.05, 0.1) is 25.1 Å². The number of hydrogen-bond donors (Lipinski definition) is 1. The van der Waals surface area contributed by atoms with E-state index in [4.69, 9.17) is 9.47 Å². The summed E-state index contributed by atoms with van der Waals surface area (Å²) >= 11 is 0. The number of ether oxygens (including phenoxy) is 2. The Kier molecular flexibility index (Phi) is 6.86. The maximum absolute atomic E-state index is 13.5. The van der Waals surface area contributed by atoms with Gasteiger partial charge in [0.2, 0.25) is 0 Å². The molecule has 0 fully saturated rings. The summed E-state index contributed by atoms with van der Waals surface area (Å²) in [6.07, 6.45) is 0. The molecule has 7 nitrogen and oxygen atoms in total.